The van der Waals surface area contributed by atoms with Crippen LogP contribution in [0.4, 0.5) is 23.1 Å². The lowest BCUT2D eigenvalue weighted by molar-refractivity contribution is -0.383. The zero-order chi connectivity index (χ0) is 15.9. The molecule has 0 atom stereocenters. The first-order valence-electron chi connectivity index (χ1n) is 7.05. The molecule has 0 saturated carbocycles. The number of nitrogens with one attached hydrogen (secondary N) is 2. The molecule has 2 heterocycles. The first-order chi connectivity index (χ1) is 10.6. The highest BCUT2D eigenvalue weighted by atomic mass is 16.6. The van der Waals surface area contributed by atoms with E-state index in [1.165, 1.54) is 6.33 Å². The molecule has 0 bridgehead atoms. The van der Waals surface area contributed by atoms with Crippen LogP contribution in [0.5, 0.6) is 0 Å². The first kappa shape index (κ1) is 15.6. The number of rotatable bonds is 7. The predicted molar refractivity (Wildman–Crippen MR) is 84.3 cm³/mol. The van der Waals surface area contributed by atoms with Crippen molar-refractivity contribution in [1.82, 2.24) is 15.0 Å². The summed E-state index contributed by atoms with van der Waals surface area (Å²) in [6.45, 7) is 4.53. The van der Waals surface area contributed by atoms with Crippen LogP contribution in [0.25, 0.3) is 0 Å². The summed E-state index contributed by atoms with van der Waals surface area (Å²) < 4.78 is 0. The highest BCUT2D eigenvalue weighted by molar-refractivity contribution is 5.73. The quantitative estimate of drug-likeness (QED) is 0.460. The van der Waals surface area contributed by atoms with Crippen LogP contribution in [0, 0.1) is 17.0 Å². The van der Waals surface area contributed by atoms with Crippen molar-refractivity contribution < 1.29 is 4.92 Å². The summed E-state index contributed by atoms with van der Waals surface area (Å²) in [5, 5.41) is 17.3. The Balaban J connectivity index is 2.32. The molecule has 2 aromatic heterocycles. The molecule has 0 amide bonds. The third-order valence-electron chi connectivity index (χ3n) is 3.07. The van der Waals surface area contributed by atoms with E-state index in [1.54, 1.807) is 12.3 Å². The van der Waals surface area contributed by atoms with Gasteiger partial charge in [0.1, 0.15) is 12.1 Å². The van der Waals surface area contributed by atoms with Gasteiger partial charge in [0.25, 0.3) is 0 Å². The lowest BCUT2D eigenvalue weighted by Gasteiger charge is -2.10. The van der Waals surface area contributed by atoms with E-state index in [9.17, 15) is 10.1 Å². The van der Waals surface area contributed by atoms with Gasteiger partial charge >= 0.3 is 5.69 Å². The van der Waals surface area contributed by atoms with Gasteiger partial charge in [-0.15, -0.1) is 0 Å². The van der Waals surface area contributed by atoms with Crippen molar-refractivity contribution in [2.24, 2.45) is 0 Å². The highest BCUT2D eigenvalue weighted by Gasteiger charge is 2.23. The Morgan fingerprint density at radius 2 is 2.00 bits per heavy atom. The lowest BCUT2D eigenvalue weighted by Crippen LogP contribution is -2.09. The Kier molecular flexibility index (Phi) is 5.18. The maximum atomic E-state index is 11.4. The number of nitro groups is 1. The molecular weight excluding hydrogens is 284 g/mol. The Morgan fingerprint density at radius 1 is 1.23 bits per heavy atom. The smallest absolute Gasteiger partial charge is 0.353 e. The fourth-order valence-electron chi connectivity index (χ4n) is 1.88. The lowest BCUT2D eigenvalue weighted by atomic mass is 10.3. The van der Waals surface area contributed by atoms with Crippen molar-refractivity contribution in [3.63, 3.8) is 0 Å². The average molecular weight is 302 g/mol. The standard InChI is InChI=1S/C14H18N6O2/c1-3-4-7-16-13-11(20(21)22)14(18-9-17-13)19-12-10(2)6-5-8-15-12/h5-6,8-9H,3-4,7H2,1-2H3,(H2,15,16,17,18,19). The molecule has 0 aliphatic rings. The second kappa shape index (κ2) is 7.30. The van der Waals surface area contributed by atoms with Crippen LogP contribution < -0.4 is 10.6 Å². The van der Waals surface area contributed by atoms with Gasteiger partial charge in [0.05, 0.1) is 4.92 Å². The summed E-state index contributed by atoms with van der Waals surface area (Å²) in [5.41, 5.74) is 0.694. The summed E-state index contributed by atoms with van der Waals surface area (Å²) in [6, 6.07) is 3.66. The summed E-state index contributed by atoms with van der Waals surface area (Å²) in [5.74, 6) is 0.870. The van der Waals surface area contributed by atoms with Crippen molar-refractivity contribution in [1.29, 1.82) is 0 Å². The largest absolute Gasteiger partial charge is 0.364 e. The number of anilines is 3. The second-order valence-corrected chi connectivity index (χ2v) is 4.75. The van der Waals surface area contributed by atoms with Gasteiger partial charge in [-0.05, 0) is 25.0 Å². The molecule has 22 heavy (non-hydrogen) atoms. The Hall–Kier alpha value is -2.77. The molecule has 2 aromatic rings. The molecule has 0 aromatic carbocycles. The van der Waals surface area contributed by atoms with Crippen molar-refractivity contribution in [2.45, 2.75) is 26.7 Å². The van der Waals surface area contributed by atoms with Crippen LogP contribution in [0.15, 0.2) is 24.7 Å². The molecule has 8 nitrogen and oxygen atoms in total. The van der Waals surface area contributed by atoms with Gasteiger partial charge in [-0.25, -0.2) is 15.0 Å². The maximum absolute atomic E-state index is 11.4. The van der Waals surface area contributed by atoms with Crippen LogP contribution in [-0.4, -0.2) is 26.4 Å². The summed E-state index contributed by atoms with van der Waals surface area (Å²) in [7, 11) is 0. The molecule has 116 valence electrons. The zero-order valence-corrected chi connectivity index (χ0v) is 12.5. The minimum absolute atomic E-state index is 0.126. The Morgan fingerprint density at radius 3 is 2.68 bits per heavy atom. The summed E-state index contributed by atoms with van der Waals surface area (Å²) in [6.07, 6.45) is 4.80. The monoisotopic (exact) mass is 302 g/mol. The molecular formula is C14H18N6O2. The van der Waals surface area contributed by atoms with Crippen molar-refractivity contribution in [2.75, 3.05) is 17.2 Å². The topological polar surface area (TPSA) is 106 Å². The minimum atomic E-state index is -0.491. The molecule has 2 N–H and O–H groups in total. The number of aromatic nitrogens is 3. The SMILES string of the molecule is CCCCNc1ncnc(Nc2ncccc2C)c1[N+](=O)[O-]. The fourth-order valence-corrected chi connectivity index (χ4v) is 1.88. The Labute approximate surface area is 128 Å². The van der Waals surface area contributed by atoms with Gasteiger partial charge in [0, 0.05) is 12.7 Å². The number of nitrogens with zero attached hydrogens (tertiary/aromatic N) is 4. The van der Waals surface area contributed by atoms with E-state index in [1.807, 2.05) is 19.9 Å². The van der Waals surface area contributed by atoms with Crippen LogP contribution in [0.1, 0.15) is 25.3 Å². The van der Waals surface area contributed by atoms with Gasteiger partial charge in [-0.1, -0.05) is 19.4 Å². The maximum Gasteiger partial charge on any atom is 0.353 e. The Bertz CT molecular complexity index is 662. The van der Waals surface area contributed by atoms with Gasteiger partial charge in [0.15, 0.2) is 0 Å². The molecule has 0 spiro atoms. The molecule has 8 heteroatoms. The molecule has 0 fully saturated rings. The summed E-state index contributed by atoms with van der Waals surface area (Å²) >= 11 is 0. The fraction of sp³-hybridized carbons (Fsp3) is 0.357. The van der Waals surface area contributed by atoms with E-state index >= 15 is 0 Å². The zero-order valence-electron chi connectivity index (χ0n) is 12.5. The van der Waals surface area contributed by atoms with Gasteiger partial charge in [-0.3, -0.25) is 10.1 Å². The first-order valence-corrected chi connectivity index (χ1v) is 7.05. The predicted octanol–water partition coefficient (Wildman–Crippen LogP) is 3.04. The van der Waals surface area contributed by atoms with Gasteiger partial charge < -0.3 is 10.6 Å². The van der Waals surface area contributed by atoms with Crippen molar-refractivity contribution in [3.05, 3.63) is 40.3 Å². The number of aryl methyl sites for hydroxylation is 1. The van der Waals surface area contributed by atoms with Crippen LogP contribution in [-0.2, 0) is 0 Å². The van der Waals surface area contributed by atoms with Crippen molar-refractivity contribution >= 4 is 23.1 Å². The normalized spacial score (nSPS) is 10.3. The van der Waals surface area contributed by atoms with Gasteiger partial charge in [0.2, 0.25) is 11.6 Å². The minimum Gasteiger partial charge on any atom is -0.364 e. The van der Waals surface area contributed by atoms with Crippen LogP contribution in [0.2, 0.25) is 0 Å². The number of hydrogen-bond donors (Lipinski definition) is 2. The highest BCUT2D eigenvalue weighted by Crippen LogP contribution is 2.31. The third-order valence-corrected chi connectivity index (χ3v) is 3.07. The third kappa shape index (κ3) is 3.66. The molecule has 0 aliphatic carbocycles. The second-order valence-electron chi connectivity index (χ2n) is 4.75. The molecule has 2 rings (SSSR count). The van der Waals surface area contributed by atoms with Crippen molar-refractivity contribution in [3.8, 4) is 0 Å². The van der Waals surface area contributed by atoms with Crippen LogP contribution >= 0.6 is 0 Å². The van der Waals surface area contributed by atoms with Gasteiger partial charge in [-0.2, -0.15) is 0 Å². The molecule has 0 saturated heterocycles. The van der Waals surface area contributed by atoms with E-state index in [0.29, 0.717) is 12.4 Å². The van der Waals surface area contributed by atoms with E-state index in [2.05, 4.69) is 25.6 Å². The number of unbranched alkanes of at least 4 members (excludes halogenated alkanes) is 1. The molecule has 0 aliphatic heterocycles. The van der Waals surface area contributed by atoms with E-state index in [4.69, 9.17) is 0 Å². The summed E-state index contributed by atoms with van der Waals surface area (Å²) in [4.78, 5) is 23.0. The van der Waals surface area contributed by atoms with E-state index < -0.39 is 4.92 Å². The molecule has 0 unspecified atom stereocenters. The van der Waals surface area contributed by atoms with E-state index in [-0.39, 0.29) is 17.3 Å². The van der Waals surface area contributed by atoms with E-state index in [0.717, 1.165) is 18.4 Å². The number of hydrogen-bond acceptors (Lipinski definition) is 7. The average Bonchev–Trinajstić information content (AvgIpc) is 2.50. The molecule has 0 radical (unpaired) electrons. The number of pyridine rings is 1. The van der Waals surface area contributed by atoms with Crippen LogP contribution in [0.3, 0.4) is 0 Å².